The maximum absolute atomic E-state index is 13.8. The van der Waals surface area contributed by atoms with Gasteiger partial charge in [-0.3, -0.25) is 0 Å². The number of hydrogen-bond acceptors (Lipinski definition) is 9. The molecule has 11 heteroatoms. The minimum absolute atomic E-state index is 0.0142. The zero-order valence-corrected chi connectivity index (χ0v) is 29.9. The first-order valence-corrected chi connectivity index (χ1v) is 18.7. The van der Waals surface area contributed by atoms with Crippen molar-refractivity contribution in [2.75, 3.05) is 52.7 Å². The molecular formula is C32H63N3O7Si. The van der Waals surface area contributed by atoms with Crippen molar-refractivity contribution in [3.8, 4) is 0 Å². The van der Waals surface area contributed by atoms with Gasteiger partial charge in [-0.1, -0.05) is 47.5 Å². The smallest absolute Gasteiger partial charge is 0.379 e. The molecule has 1 aliphatic carbocycles. The second-order valence-electron chi connectivity index (χ2n) is 13.1. The highest BCUT2D eigenvalue weighted by molar-refractivity contribution is 6.60. The number of amides is 1. The van der Waals surface area contributed by atoms with E-state index in [1.54, 1.807) is 6.08 Å². The lowest BCUT2D eigenvalue weighted by Gasteiger charge is -2.47. The lowest BCUT2D eigenvalue weighted by molar-refractivity contribution is -0.122. The quantitative estimate of drug-likeness (QED) is 0.0392. The van der Waals surface area contributed by atoms with Crippen LogP contribution in [-0.2, 0) is 27.6 Å². The molecule has 3 atom stereocenters. The first kappa shape index (κ1) is 39.7. The molecule has 1 rings (SSSR count). The molecule has 0 spiro atoms. The van der Waals surface area contributed by atoms with Gasteiger partial charge < -0.3 is 27.8 Å². The molecule has 0 bridgehead atoms. The largest absolute Gasteiger partial charge is 0.501 e. The van der Waals surface area contributed by atoms with Gasteiger partial charge in [-0.2, -0.15) is 0 Å². The fourth-order valence-corrected chi connectivity index (χ4v) is 9.03. The Kier molecular flexibility index (Phi) is 19.1. The summed E-state index contributed by atoms with van der Waals surface area (Å²) in [6, 6.07) is 0.360. The van der Waals surface area contributed by atoms with E-state index in [1.807, 2.05) is 37.7 Å². The Labute approximate surface area is 263 Å². The first-order chi connectivity index (χ1) is 20.4. The Balaban J connectivity index is 3.04. The molecular weight excluding hydrogens is 566 g/mol. The number of aliphatic imine (C=N–C) groups is 1. The summed E-state index contributed by atoms with van der Waals surface area (Å²) in [4.78, 5) is 37.0. The van der Waals surface area contributed by atoms with E-state index in [4.69, 9.17) is 22.9 Å². The Morgan fingerprint density at radius 2 is 1.53 bits per heavy atom. The van der Waals surface area contributed by atoms with Crippen LogP contribution in [0.1, 0.15) is 114 Å². The van der Waals surface area contributed by atoms with Gasteiger partial charge in [0.2, 0.25) is 6.08 Å². The van der Waals surface area contributed by atoms with E-state index in [0.717, 1.165) is 51.4 Å². The fourth-order valence-electron chi connectivity index (χ4n) is 6.45. The molecule has 10 nitrogen and oxygen atoms in total. The van der Waals surface area contributed by atoms with E-state index < -0.39 is 8.80 Å². The number of ether oxygens (including phenoxy) is 1. The van der Waals surface area contributed by atoms with Gasteiger partial charge in [-0.15, -0.1) is 5.06 Å². The van der Waals surface area contributed by atoms with E-state index in [0.29, 0.717) is 58.7 Å². The van der Waals surface area contributed by atoms with Crippen molar-refractivity contribution in [3.63, 3.8) is 0 Å². The Morgan fingerprint density at radius 3 is 2.05 bits per heavy atom. The number of isocyanates is 1. The molecule has 0 aromatic carbocycles. The van der Waals surface area contributed by atoms with E-state index in [9.17, 15) is 9.59 Å². The van der Waals surface area contributed by atoms with Crippen molar-refractivity contribution in [2.45, 2.75) is 132 Å². The van der Waals surface area contributed by atoms with Crippen LogP contribution >= 0.6 is 0 Å². The third kappa shape index (κ3) is 15.0. The lowest BCUT2D eigenvalue weighted by atomic mass is 9.62. The zero-order valence-electron chi connectivity index (χ0n) is 28.9. The summed E-state index contributed by atoms with van der Waals surface area (Å²) >= 11 is 0. The van der Waals surface area contributed by atoms with Gasteiger partial charge in [0.05, 0.1) is 18.7 Å². The number of hydrogen-bond donors (Lipinski definition) is 0. The van der Waals surface area contributed by atoms with E-state index in [1.165, 1.54) is 0 Å². The summed E-state index contributed by atoms with van der Waals surface area (Å²) < 4.78 is 24.1. The van der Waals surface area contributed by atoms with Gasteiger partial charge in [0.15, 0.2) is 0 Å². The second-order valence-corrected chi connectivity index (χ2v) is 15.8. The molecule has 43 heavy (non-hydrogen) atoms. The number of carbonyl (C=O) groups excluding carboxylic acids is 2. The molecule has 1 fully saturated rings. The van der Waals surface area contributed by atoms with Crippen LogP contribution < -0.4 is 0 Å². The van der Waals surface area contributed by atoms with Gasteiger partial charge in [-0.25, -0.2) is 14.6 Å². The Hall–Kier alpha value is -1.33. The average Bonchev–Trinajstić information content (AvgIpc) is 2.92. The predicted molar refractivity (Wildman–Crippen MR) is 173 cm³/mol. The van der Waals surface area contributed by atoms with E-state index >= 15 is 0 Å². The molecule has 0 aromatic heterocycles. The van der Waals surface area contributed by atoms with Gasteiger partial charge in [-0.05, 0) is 77.0 Å². The van der Waals surface area contributed by atoms with Crippen LogP contribution in [0.5, 0.6) is 0 Å². The van der Waals surface area contributed by atoms with Crippen molar-refractivity contribution in [2.24, 2.45) is 15.8 Å². The summed E-state index contributed by atoms with van der Waals surface area (Å²) in [5.74, 6) is 0. The van der Waals surface area contributed by atoms with Crippen molar-refractivity contribution < 1.29 is 32.4 Å². The molecule has 0 saturated heterocycles. The molecule has 3 unspecified atom stereocenters. The SMILES string of the molecule is CCCCN(CCCC)OC(=O)N(CC1(C)CC(N=C=O)CC(C)(C)C1)C(C)COCCC[Si](OCC)(OCC)OCC. The minimum Gasteiger partial charge on any atom is -0.379 e. The maximum Gasteiger partial charge on any atom is 0.501 e. The Bertz CT molecular complexity index is 802. The summed E-state index contributed by atoms with van der Waals surface area (Å²) in [6.07, 6.45) is 8.60. The van der Waals surface area contributed by atoms with Crippen LogP contribution in [-0.4, -0.2) is 95.7 Å². The molecule has 1 saturated carbocycles. The highest BCUT2D eigenvalue weighted by Gasteiger charge is 2.44. The lowest BCUT2D eigenvalue weighted by Crippen LogP contribution is -2.51. The molecule has 0 aliphatic heterocycles. The zero-order chi connectivity index (χ0) is 32.4. The van der Waals surface area contributed by atoms with Crippen LogP contribution in [0, 0.1) is 10.8 Å². The molecule has 0 N–H and O–H groups in total. The molecule has 0 radical (unpaired) electrons. The van der Waals surface area contributed by atoms with Gasteiger partial charge in [0.1, 0.15) is 0 Å². The first-order valence-electron chi connectivity index (χ1n) is 16.7. The highest BCUT2D eigenvalue weighted by Crippen LogP contribution is 2.47. The summed E-state index contributed by atoms with van der Waals surface area (Å²) in [5, 5.41) is 1.82. The molecule has 0 heterocycles. The van der Waals surface area contributed by atoms with Crippen molar-refractivity contribution in [3.05, 3.63) is 0 Å². The third-order valence-electron chi connectivity index (χ3n) is 7.93. The Morgan fingerprint density at radius 1 is 0.953 bits per heavy atom. The number of unbranched alkanes of at least 4 members (excludes halogenated alkanes) is 2. The van der Waals surface area contributed by atoms with E-state index in [-0.39, 0.29) is 29.0 Å². The van der Waals surface area contributed by atoms with Crippen LogP contribution in [0.3, 0.4) is 0 Å². The third-order valence-corrected chi connectivity index (χ3v) is 11.1. The number of nitrogens with zero attached hydrogens (tertiary/aromatic N) is 3. The summed E-state index contributed by atoms with van der Waals surface area (Å²) in [5.41, 5.74) is -0.255. The van der Waals surface area contributed by atoms with Crippen LogP contribution in [0.2, 0.25) is 6.04 Å². The predicted octanol–water partition coefficient (Wildman–Crippen LogP) is 7.01. The van der Waals surface area contributed by atoms with Crippen molar-refractivity contribution >= 4 is 21.0 Å². The minimum atomic E-state index is -2.73. The summed E-state index contributed by atoms with van der Waals surface area (Å²) in [7, 11) is -2.73. The van der Waals surface area contributed by atoms with E-state index in [2.05, 4.69) is 39.6 Å². The highest BCUT2D eigenvalue weighted by atomic mass is 28.4. The second kappa shape index (κ2) is 20.6. The van der Waals surface area contributed by atoms with Crippen LogP contribution in [0.4, 0.5) is 4.79 Å². The van der Waals surface area contributed by atoms with Gasteiger partial charge in [0, 0.05) is 52.1 Å². The van der Waals surface area contributed by atoms with Crippen molar-refractivity contribution in [1.82, 2.24) is 9.96 Å². The average molecular weight is 630 g/mol. The van der Waals surface area contributed by atoms with Crippen molar-refractivity contribution in [1.29, 1.82) is 0 Å². The topological polar surface area (TPSA) is 99.1 Å². The maximum atomic E-state index is 13.8. The standard InChI is InChI=1S/C32H63N3O7Si/c1-10-15-18-34(19-16-11-2)42-30(37)35(26-32(9)23-29(33-27-36)22-31(7,8)25-32)28(6)24-38-20-17-21-43(39-12-3,40-13-4)41-14-5/h28-29H,10-26H2,1-9H3. The van der Waals surface area contributed by atoms with Gasteiger partial charge in [0.25, 0.3) is 0 Å². The number of rotatable bonds is 23. The normalized spacial score (nSPS) is 20.9. The number of hydroxylamine groups is 2. The molecule has 252 valence electrons. The van der Waals surface area contributed by atoms with Crippen LogP contribution in [0.25, 0.3) is 0 Å². The molecule has 1 amide bonds. The molecule has 0 aromatic rings. The molecule has 1 aliphatic rings. The van der Waals surface area contributed by atoms with Gasteiger partial charge >= 0.3 is 14.9 Å². The summed E-state index contributed by atoms with van der Waals surface area (Å²) in [6.45, 7) is 23.2. The van der Waals surface area contributed by atoms with Crippen LogP contribution in [0.15, 0.2) is 4.99 Å². The monoisotopic (exact) mass is 629 g/mol. The fraction of sp³-hybridized carbons (Fsp3) is 0.938. The number of carbonyl (C=O) groups is 1.